The summed E-state index contributed by atoms with van der Waals surface area (Å²) in [5.74, 6) is 0.952. The summed E-state index contributed by atoms with van der Waals surface area (Å²) < 4.78 is 10.3. The fourth-order valence-corrected chi connectivity index (χ4v) is 1.30. The van der Waals surface area contributed by atoms with Gasteiger partial charge in [0.1, 0.15) is 5.76 Å². The number of rotatable bonds is 4. The molecule has 0 radical (unpaired) electrons. The maximum atomic E-state index is 5.28. The van der Waals surface area contributed by atoms with Gasteiger partial charge in [-0.3, -0.25) is 0 Å². The Morgan fingerprint density at radius 3 is 2.93 bits per heavy atom. The standard InChI is InChI=1S/C11H13NO2/c1-9(11-3-2-5-14-11)12-7-10-4-6-13-8-10/h2-6,8-9,12H,7H2,1H3. The van der Waals surface area contributed by atoms with Gasteiger partial charge in [-0.2, -0.15) is 0 Å². The molecule has 1 unspecified atom stereocenters. The summed E-state index contributed by atoms with van der Waals surface area (Å²) in [5, 5.41) is 3.33. The van der Waals surface area contributed by atoms with E-state index in [0.717, 1.165) is 17.9 Å². The van der Waals surface area contributed by atoms with Crippen LogP contribution in [0.5, 0.6) is 0 Å². The molecule has 1 atom stereocenters. The normalized spacial score (nSPS) is 12.9. The van der Waals surface area contributed by atoms with Crippen LogP contribution in [0.25, 0.3) is 0 Å². The number of hydrogen-bond donors (Lipinski definition) is 1. The minimum atomic E-state index is 0.222. The zero-order chi connectivity index (χ0) is 9.80. The molecule has 0 aromatic carbocycles. The second-order valence-corrected chi connectivity index (χ2v) is 3.25. The van der Waals surface area contributed by atoms with Crippen molar-refractivity contribution in [2.24, 2.45) is 0 Å². The van der Waals surface area contributed by atoms with Crippen molar-refractivity contribution >= 4 is 0 Å². The highest BCUT2D eigenvalue weighted by Gasteiger charge is 2.06. The van der Waals surface area contributed by atoms with Crippen molar-refractivity contribution in [3.63, 3.8) is 0 Å². The first kappa shape index (κ1) is 9.09. The van der Waals surface area contributed by atoms with Gasteiger partial charge in [-0.05, 0) is 25.1 Å². The van der Waals surface area contributed by atoms with E-state index in [2.05, 4.69) is 12.2 Å². The molecule has 0 aliphatic rings. The molecular formula is C11H13NO2. The van der Waals surface area contributed by atoms with Crippen LogP contribution < -0.4 is 5.32 Å². The first-order chi connectivity index (χ1) is 6.86. The van der Waals surface area contributed by atoms with Crippen LogP contribution in [-0.2, 0) is 6.54 Å². The van der Waals surface area contributed by atoms with Crippen molar-refractivity contribution in [1.82, 2.24) is 5.32 Å². The third-order valence-corrected chi connectivity index (χ3v) is 2.16. The molecule has 1 N–H and O–H groups in total. The molecule has 2 aromatic heterocycles. The van der Waals surface area contributed by atoms with E-state index in [1.54, 1.807) is 18.8 Å². The molecule has 74 valence electrons. The van der Waals surface area contributed by atoms with Gasteiger partial charge in [0.05, 0.1) is 24.8 Å². The fourth-order valence-electron chi connectivity index (χ4n) is 1.30. The van der Waals surface area contributed by atoms with Crippen molar-refractivity contribution in [2.75, 3.05) is 0 Å². The van der Waals surface area contributed by atoms with Crippen LogP contribution in [0.2, 0.25) is 0 Å². The average Bonchev–Trinajstić information content (AvgIpc) is 2.87. The van der Waals surface area contributed by atoms with Crippen molar-refractivity contribution in [3.05, 3.63) is 48.3 Å². The summed E-state index contributed by atoms with van der Waals surface area (Å²) in [6, 6.07) is 6.03. The molecule has 2 rings (SSSR count). The predicted molar refractivity (Wildman–Crippen MR) is 52.7 cm³/mol. The van der Waals surface area contributed by atoms with Crippen molar-refractivity contribution in [2.45, 2.75) is 19.5 Å². The Morgan fingerprint density at radius 2 is 2.29 bits per heavy atom. The van der Waals surface area contributed by atoms with Gasteiger partial charge in [0.25, 0.3) is 0 Å². The third kappa shape index (κ3) is 2.06. The Hall–Kier alpha value is -1.48. The van der Waals surface area contributed by atoms with E-state index < -0.39 is 0 Å². The Balaban J connectivity index is 1.87. The summed E-state index contributed by atoms with van der Waals surface area (Å²) >= 11 is 0. The molecule has 2 heterocycles. The van der Waals surface area contributed by atoms with Crippen LogP contribution in [0.3, 0.4) is 0 Å². The molecule has 3 nitrogen and oxygen atoms in total. The topological polar surface area (TPSA) is 38.3 Å². The van der Waals surface area contributed by atoms with Gasteiger partial charge >= 0.3 is 0 Å². The second kappa shape index (κ2) is 4.15. The molecular weight excluding hydrogens is 178 g/mol. The van der Waals surface area contributed by atoms with Gasteiger partial charge in [-0.1, -0.05) is 0 Å². The third-order valence-electron chi connectivity index (χ3n) is 2.16. The van der Waals surface area contributed by atoms with Crippen LogP contribution in [0.15, 0.2) is 45.8 Å². The van der Waals surface area contributed by atoms with E-state index >= 15 is 0 Å². The molecule has 0 aliphatic heterocycles. The zero-order valence-electron chi connectivity index (χ0n) is 8.07. The van der Waals surface area contributed by atoms with Gasteiger partial charge in [-0.25, -0.2) is 0 Å². The Morgan fingerprint density at radius 1 is 1.36 bits per heavy atom. The Labute approximate surface area is 82.7 Å². The largest absolute Gasteiger partial charge is 0.472 e. The molecule has 14 heavy (non-hydrogen) atoms. The summed E-state index contributed by atoms with van der Waals surface area (Å²) in [6.07, 6.45) is 5.10. The van der Waals surface area contributed by atoms with Crippen LogP contribution >= 0.6 is 0 Å². The maximum absolute atomic E-state index is 5.28. The molecule has 0 amide bonds. The maximum Gasteiger partial charge on any atom is 0.120 e. The lowest BCUT2D eigenvalue weighted by Gasteiger charge is -2.09. The molecule has 2 aromatic rings. The lowest BCUT2D eigenvalue weighted by Crippen LogP contribution is -2.17. The highest BCUT2D eigenvalue weighted by molar-refractivity contribution is 5.07. The first-order valence-corrected chi connectivity index (χ1v) is 4.64. The Bertz CT molecular complexity index is 351. The van der Waals surface area contributed by atoms with Crippen LogP contribution in [0.4, 0.5) is 0 Å². The summed E-state index contributed by atoms with van der Waals surface area (Å²) in [4.78, 5) is 0. The highest BCUT2D eigenvalue weighted by atomic mass is 16.3. The zero-order valence-corrected chi connectivity index (χ0v) is 8.07. The van der Waals surface area contributed by atoms with Gasteiger partial charge in [-0.15, -0.1) is 0 Å². The lowest BCUT2D eigenvalue weighted by molar-refractivity contribution is 0.429. The van der Waals surface area contributed by atoms with Gasteiger partial charge in [0.2, 0.25) is 0 Å². The number of nitrogens with one attached hydrogen (secondary N) is 1. The first-order valence-electron chi connectivity index (χ1n) is 4.64. The van der Waals surface area contributed by atoms with Crippen molar-refractivity contribution in [1.29, 1.82) is 0 Å². The van der Waals surface area contributed by atoms with E-state index in [9.17, 15) is 0 Å². The summed E-state index contributed by atoms with van der Waals surface area (Å²) in [5.41, 5.74) is 1.14. The minimum Gasteiger partial charge on any atom is -0.472 e. The fraction of sp³-hybridized carbons (Fsp3) is 0.273. The van der Waals surface area contributed by atoms with Crippen molar-refractivity contribution in [3.8, 4) is 0 Å². The minimum absolute atomic E-state index is 0.222. The predicted octanol–water partition coefficient (Wildman–Crippen LogP) is 2.72. The van der Waals surface area contributed by atoms with E-state index in [1.165, 1.54) is 0 Å². The lowest BCUT2D eigenvalue weighted by atomic mass is 10.2. The van der Waals surface area contributed by atoms with E-state index in [0.29, 0.717) is 0 Å². The molecule has 0 aliphatic carbocycles. The van der Waals surface area contributed by atoms with Crippen LogP contribution in [-0.4, -0.2) is 0 Å². The highest BCUT2D eigenvalue weighted by Crippen LogP contribution is 2.13. The van der Waals surface area contributed by atoms with E-state index in [-0.39, 0.29) is 6.04 Å². The van der Waals surface area contributed by atoms with Crippen LogP contribution in [0.1, 0.15) is 24.3 Å². The number of hydrogen-bond acceptors (Lipinski definition) is 3. The SMILES string of the molecule is CC(NCc1ccoc1)c1ccco1. The van der Waals surface area contributed by atoms with Gasteiger partial charge in [0, 0.05) is 12.1 Å². The quantitative estimate of drug-likeness (QED) is 0.807. The Kier molecular flexibility index (Phi) is 2.70. The number of furan rings is 2. The molecule has 0 saturated heterocycles. The molecule has 0 fully saturated rings. The van der Waals surface area contributed by atoms with Crippen molar-refractivity contribution < 1.29 is 8.83 Å². The second-order valence-electron chi connectivity index (χ2n) is 3.25. The monoisotopic (exact) mass is 191 g/mol. The average molecular weight is 191 g/mol. The van der Waals surface area contributed by atoms with E-state index in [1.807, 2.05) is 18.2 Å². The van der Waals surface area contributed by atoms with E-state index in [4.69, 9.17) is 8.83 Å². The molecule has 3 heteroatoms. The molecule has 0 saturated carbocycles. The molecule has 0 spiro atoms. The smallest absolute Gasteiger partial charge is 0.120 e. The van der Waals surface area contributed by atoms with Gasteiger partial charge < -0.3 is 14.2 Å². The summed E-state index contributed by atoms with van der Waals surface area (Å²) in [7, 11) is 0. The summed E-state index contributed by atoms with van der Waals surface area (Å²) in [6.45, 7) is 2.86. The van der Waals surface area contributed by atoms with Crippen LogP contribution in [0, 0.1) is 0 Å². The molecule has 0 bridgehead atoms. The van der Waals surface area contributed by atoms with Gasteiger partial charge in [0.15, 0.2) is 0 Å².